The summed E-state index contributed by atoms with van der Waals surface area (Å²) in [4.78, 5) is 8.07. The first-order valence-electron chi connectivity index (χ1n) is 9.28. The molecule has 27 heavy (non-hydrogen) atoms. The molecule has 0 amide bonds. The molecular formula is C19H24ClN5OS. The van der Waals surface area contributed by atoms with Crippen LogP contribution >= 0.6 is 22.9 Å². The van der Waals surface area contributed by atoms with E-state index in [9.17, 15) is 0 Å². The molecule has 8 heteroatoms. The molecule has 0 bridgehead atoms. The van der Waals surface area contributed by atoms with Crippen LogP contribution in [0.3, 0.4) is 0 Å². The molecule has 0 spiro atoms. The Labute approximate surface area is 168 Å². The van der Waals surface area contributed by atoms with Crippen molar-refractivity contribution in [3.63, 3.8) is 0 Å². The molecule has 0 aliphatic carbocycles. The van der Waals surface area contributed by atoms with Crippen molar-refractivity contribution in [2.75, 3.05) is 45.2 Å². The Hall–Kier alpha value is -1.67. The smallest absolute Gasteiger partial charge is 0.214 e. The van der Waals surface area contributed by atoms with Crippen molar-refractivity contribution in [1.82, 2.24) is 19.5 Å². The van der Waals surface area contributed by atoms with Crippen molar-refractivity contribution in [1.29, 1.82) is 0 Å². The highest BCUT2D eigenvalue weighted by molar-refractivity contribution is 7.20. The van der Waals surface area contributed by atoms with Gasteiger partial charge in [-0.15, -0.1) is 5.10 Å². The van der Waals surface area contributed by atoms with E-state index in [0.29, 0.717) is 5.92 Å². The number of rotatable bonds is 7. The first-order valence-corrected chi connectivity index (χ1v) is 10.5. The number of fused-ring (bicyclic) bond motifs is 1. The van der Waals surface area contributed by atoms with E-state index in [-0.39, 0.29) is 0 Å². The minimum Gasteiger partial charge on any atom is -0.383 e. The molecule has 1 fully saturated rings. The fourth-order valence-electron chi connectivity index (χ4n) is 3.40. The van der Waals surface area contributed by atoms with Crippen LogP contribution in [0, 0.1) is 5.92 Å². The number of piperidine rings is 1. The van der Waals surface area contributed by atoms with E-state index in [2.05, 4.69) is 20.3 Å². The lowest BCUT2D eigenvalue weighted by atomic mass is 9.97. The van der Waals surface area contributed by atoms with E-state index in [1.54, 1.807) is 18.4 Å². The first kappa shape index (κ1) is 18.7. The first-order chi connectivity index (χ1) is 13.2. The summed E-state index contributed by atoms with van der Waals surface area (Å²) in [6, 6.07) is 7.72. The van der Waals surface area contributed by atoms with Crippen molar-refractivity contribution in [2.45, 2.75) is 12.8 Å². The van der Waals surface area contributed by atoms with Gasteiger partial charge in [0.15, 0.2) is 0 Å². The number of benzene rings is 1. The lowest BCUT2D eigenvalue weighted by molar-refractivity contribution is 0.122. The predicted octanol–water partition coefficient (Wildman–Crippen LogP) is 3.88. The largest absolute Gasteiger partial charge is 0.383 e. The van der Waals surface area contributed by atoms with Crippen molar-refractivity contribution in [3.05, 3.63) is 35.5 Å². The molecule has 1 N–H and O–H groups in total. The van der Waals surface area contributed by atoms with Crippen LogP contribution in [0.1, 0.15) is 12.8 Å². The highest BCUT2D eigenvalue weighted by Gasteiger charge is 2.19. The molecule has 3 aromatic rings. The average molecular weight is 406 g/mol. The molecule has 0 atom stereocenters. The summed E-state index contributed by atoms with van der Waals surface area (Å²) in [6.07, 6.45) is 4.41. The number of likely N-dealkylation sites (tertiary alicyclic amines) is 1. The van der Waals surface area contributed by atoms with Gasteiger partial charge in [-0.3, -0.25) is 0 Å². The summed E-state index contributed by atoms with van der Waals surface area (Å²) < 4.78 is 7.02. The van der Waals surface area contributed by atoms with E-state index in [1.165, 1.54) is 12.8 Å². The van der Waals surface area contributed by atoms with Gasteiger partial charge in [0.2, 0.25) is 10.1 Å². The van der Waals surface area contributed by atoms with Gasteiger partial charge in [0.05, 0.1) is 18.5 Å². The van der Waals surface area contributed by atoms with Crippen LogP contribution in [-0.2, 0) is 4.74 Å². The van der Waals surface area contributed by atoms with Gasteiger partial charge >= 0.3 is 0 Å². The van der Waals surface area contributed by atoms with E-state index in [0.717, 1.165) is 59.2 Å². The summed E-state index contributed by atoms with van der Waals surface area (Å²) >= 11 is 7.55. The molecule has 3 heterocycles. The number of hydrogen-bond donors (Lipinski definition) is 1. The van der Waals surface area contributed by atoms with E-state index in [4.69, 9.17) is 16.3 Å². The summed E-state index contributed by atoms with van der Waals surface area (Å²) in [7, 11) is 1.76. The maximum atomic E-state index is 5.95. The quantitative estimate of drug-likeness (QED) is 0.646. The van der Waals surface area contributed by atoms with Gasteiger partial charge in [-0.1, -0.05) is 35.1 Å². The minimum absolute atomic E-state index is 0.699. The second kappa shape index (κ2) is 8.56. The zero-order chi connectivity index (χ0) is 18.6. The molecular weight excluding hydrogens is 382 g/mol. The van der Waals surface area contributed by atoms with Crippen molar-refractivity contribution in [2.24, 2.45) is 5.92 Å². The number of methoxy groups -OCH3 is 1. The van der Waals surface area contributed by atoms with Gasteiger partial charge in [0, 0.05) is 30.8 Å². The van der Waals surface area contributed by atoms with Gasteiger partial charge in [0.1, 0.15) is 0 Å². The predicted molar refractivity (Wildman–Crippen MR) is 111 cm³/mol. The van der Waals surface area contributed by atoms with Crippen LogP contribution < -0.4 is 5.32 Å². The maximum Gasteiger partial charge on any atom is 0.214 e. The molecule has 144 valence electrons. The van der Waals surface area contributed by atoms with Crippen LogP contribution in [-0.4, -0.2) is 59.4 Å². The van der Waals surface area contributed by atoms with Crippen molar-refractivity contribution < 1.29 is 4.74 Å². The zero-order valence-corrected chi connectivity index (χ0v) is 17.0. The third-order valence-corrected chi connectivity index (χ3v) is 6.18. The van der Waals surface area contributed by atoms with Gasteiger partial charge < -0.3 is 15.0 Å². The van der Waals surface area contributed by atoms with Crippen LogP contribution in [0.2, 0.25) is 5.02 Å². The third-order valence-electron chi connectivity index (χ3n) is 5.04. The number of anilines is 1. The average Bonchev–Trinajstić information content (AvgIpc) is 3.25. The molecule has 0 unspecified atom stereocenters. The lowest BCUT2D eigenvalue weighted by Gasteiger charge is -2.31. The van der Waals surface area contributed by atoms with E-state index >= 15 is 0 Å². The highest BCUT2D eigenvalue weighted by atomic mass is 35.5. The van der Waals surface area contributed by atoms with Gasteiger partial charge in [-0.25, -0.2) is 9.50 Å². The molecule has 1 aliphatic heterocycles. The summed E-state index contributed by atoms with van der Waals surface area (Å²) in [5, 5.41) is 9.79. The molecule has 1 saturated heterocycles. The molecule has 1 aliphatic rings. The fourth-order valence-corrected chi connectivity index (χ4v) is 4.31. The summed E-state index contributed by atoms with van der Waals surface area (Å²) in [6.45, 7) is 5.14. The second-order valence-corrected chi connectivity index (χ2v) is 8.32. The Morgan fingerprint density at radius 3 is 2.74 bits per heavy atom. The highest BCUT2D eigenvalue weighted by Crippen LogP contribution is 2.26. The number of nitrogens with one attached hydrogen (secondary N) is 1. The second-order valence-electron chi connectivity index (χ2n) is 6.93. The summed E-state index contributed by atoms with van der Waals surface area (Å²) in [5.41, 5.74) is 1.97. The van der Waals surface area contributed by atoms with Crippen molar-refractivity contribution >= 4 is 33.0 Å². The Balaban J connectivity index is 1.31. The Morgan fingerprint density at radius 2 is 2.04 bits per heavy atom. The fraction of sp³-hybridized carbons (Fsp3) is 0.474. The van der Waals surface area contributed by atoms with E-state index in [1.807, 2.05) is 35.0 Å². The van der Waals surface area contributed by atoms with E-state index < -0.39 is 0 Å². The van der Waals surface area contributed by atoms with Gasteiger partial charge in [-0.05, 0) is 44.0 Å². The van der Waals surface area contributed by atoms with Crippen LogP contribution in [0.15, 0.2) is 30.5 Å². The van der Waals surface area contributed by atoms with Crippen LogP contribution in [0.5, 0.6) is 0 Å². The number of ether oxygens (including phenoxy) is 1. The molecule has 6 nitrogen and oxygen atoms in total. The lowest BCUT2D eigenvalue weighted by Crippen LogP contribution is -2.37. The van der Waals surface area contributed by atoms with Gasteiger partial charge in [0.25, 0.3) is 0 Å². The molecule has 1 aromatic carbocycles. The minimum atomic E-state index is 0.699. The van der Waals surface area contributed by atoms with Crippen LogP contribution in [0.4, 0.5) is 5.13 Å². The molecule has 0 saturated carbocycles. The Morgan fingerprint density at radius 1 is 1.26 bits per heavy atom. The SMILES string of the molecule is COCCN1CCC(CNc2nn3cc(-c4ccc(Cl)cc4)nc3s2)CC1. The zero-order valence-electron chi connectivity index (χ0n) is 15.4. The van der Waals surface area contributed by atoms with Crippen LogP contribution in [0.25, 0.3) is 16.2 Å². The number of hydrogen-bond acceptors (Lipinski definition) is 6. The normalized spacial score (nSPS) is 16.2. The number of nitrogens with zero attached hydrogens (tertiary/aromatic N) is 4. The Bertz CT molecular complexity index is 838. The Kier molecular flexibility index (Phi) is 5.92. The monoisotopic (exact) mass is 405 g/mol. The van der Waals surface area contributed by atoms with Crippen molar-refractivity contribution in [3.8, 4) is 11.3 Å². The number of halogens is 1. The number of imidazole rings is 1. The standard InChI is InChI=1S/C19H24ClN5OS/c1-26-11-10-24-8-6-14(7-9-24)12-21-18-23-25-13-17(22-19(25)27-18)15-2-4-16(20)5-3-15/h2-5,13-14H,6-12H2,1H3,(H,21,23). The third kappa shape index (κ3) is 4.60. The molecule has 2 aromatic heterocycles. The molecule has 4 rings (SSSR count). The maximum absolute atomic E-state index is 5.95. The molecule has 0 radical (unpaired) electrons. The van der Waals surface area contributed by atoms with Gasteiger partial charge in [-0.2, -0.15) is 0 Å². The number of aromatic nitrogens is 3. The summed E-state index contributed by atoms with van der Waals surface area (Å²) in [5.74, 6) is 0.699. The topological polar surface area (TPSA) is 54.7 Å².